The number of rotatable bonds is 5. The largest absolute Gasteiger partial charge is 0.295 e. The first-order chi connectivity index (χ1) is 9.52. The third kappa shape index (κ3) is 3.03. The van der Waals surface area contributed by atoms with E-state index < -0.39 is 0 Å². The van der Waals surface area contributed by atoms with Crippen LogP contribution in [-0.2, 0) is 13.0 Å². The number of aryl methyl sites for hydroxylation is 1. The third-order valence-corrected chi connectivity index (χ3v) is 3.44. The molecule has 0 radical (unpaired) electrons. The molecule has 0 aliphatic rings. The van der Waals surface area contributed by atoms with E-state index in [2.05, 4.69) is 57.1 Å². The Morgan fingerprint density at radius 3 is 2.40 bits per heavy atom. The van der Waals surface area contributed by atoms with Gasteiger partial charge in [0.1, 0.15) is 0 Å². The van der Waals surface area contributed by atoms with Gasteiger partial charge in [-0.2, -0.15) is 0 Å². The second-order valence-electron chi connectivity index (χ2n) is 5.89. The summed E-state index contributed by atoms with van der Waals surface area (Å²) in [6.45, 7) is 9.17. The van der Waals surface area contributed by atoms with Crippen LogP contribution in [0.2, 0.25) is 0 Å². The van der Waals surface area contributed by atoms with Crippen LogP contribution >= 0.6 is 0 Å². The van der Waals surface area contributed by atoms with E-state index in [1.54, 1.807) is 4.68 Å². The van der Waals surface area contributed by atoms with E-state index in [9.17, 15) is 4.79 Å². The molecule has 3 nitrogen and oxygen atoms in total. The van der Waals surface area contributed by atoms with Crippen molar-refractivity contribution in [2.45, 2.75) is 47.1 Å². The highest BCUT2D eigenvalue weighted by molar-refractivity contribution is 5.63. The third-order valence-electron chi connectivity index (χ3n) is 3.44. The first kappa shape index (κ1) is 14.6. The van der Waals surface area contributed by atoms with Gasteiger partial charge in [0, 0.05) is 12.1 Å². The molecule has 1 N–H and O–H groups in total. The molecular formula is C17H24N2O. The Labute approximate surface area is 120 Å². The highest BCUT2D eigenvalue weighted by Gasteiger charge is 2.15. The molecule has 1 aromatic heterocycles. The van der Waals surface area contributed by atoms with Gasteiger partial charge in [-0.15, -0.1) is 0 Å². The van der Waals surface area contributed by atoms with Gasteiger partial charge in [0.2, 0.25) is 0 Å². The normalized spacial score (nSPS) is 11.2. The predicted octanol–water partition coefficient (Wildman–Crippen LogP) is 3.76. The summed E-state index contributed by atoms with van der Waals surface area (Å²) >= 11 is 0. The van der Waals surface area contributed by atoms with Crippen LogP contribution in [0.3, 0.4) is 0 Å². The highest BCUT2D eigenvalue weighted by Crippen LogP contribution is 2.21. The molecule has 2 rings (SSSR count). The van der Waals surface area contributed by atoms with Gasteiger partial charge in [-0.05, 0) is 24.8 Å². The number of aromatic amines is 1. The molecule has 0 spiro atoms. The predicted molar refractivity (Wildman–Crippen MR) is 84.1 cm³/mol. The summed E-state index contributed by atoms with van der Waals surface area (Å²) in [7, 11) is 0. The number of hydrogen-bond acceptors (Lipinski definition) is 1. The number of nitrogens with zero attached hydrogens (tertiary/aromatic N) is 1. The van der Waals surface area contributed by atoms with Crippen LogP contribution in [-0.4, -0.2) is 9.78 Å². The molecule has 20 heavy (non-hydrogen) atoms. The number of benzene rings is 1. The van der Waals surface area contributed by atoms with Crippen LogP contribution in [0.15, 0.2) is 29.1 Å². The van der Waals surface area contributed by atoms with Crippen molar-refractivity contribution in [3.8, 4) is 11.3 Å². The molecule has 0 aliphatic carbocycles. The summed E-state index contributed by atoms with van der Waals surface area (Å²) in [6.07, 6.45) is 1.80. The Kier molecular flexibility index (Phi) is 4.48. The first-order valence-electron chi connectivity index (χ1n) is 7.41. The maximum absolute atomic E-state index is 12.5. The zero-order chi connectivity index (χ0) is 14.7. The summed E-state index contributed by atoms with van der Waals surface area (Å²) in [6, 6.07) is 8.34. The molecule has 0 bridgehead atoms. The fourth-order valence-electron chi connectivity index (χ4n) is 2.46. The van der Waals surface area contributed by atoms with Gasteiger partial charge in [-0.3, -0.25) is 14.6 Å². The fraction of sp³-hybridized carbons (Fsp3) is 0.471. The van der Waals surface area contributed by atoms with E-state index in [0.29, 0.717) is 5.92 Å². The average Bonchev–Trinajstić information content (AvgIpc) is 2.69. The minimum absolute atomic E-state index is 0.135. The summed E-state index contributed by atoms with van der Waals surface area (Å²) in [5, 5.41) is 3.31. The minimum atomic E-state index is 0.135. The van der Waals surface area contributed by atoms with E-state index in [1.807, 2.05) is 0 Å². The van der Waals surface area contributed by atoms with Crippen LogP contribution in [0.1, 0.15) is 38.3 Å². The Bertz CT molecular complexity index is 617. The van der Waals surface area contributed by atoms with E-state index in [4.69, 9.17) is 0 Å². The monoisotopic (exact) mass is 272 g/mol. The van der Waals surface area contributed by atoms with Gasteiger partial charge in [0.15, 0.2) is 0 Å². The van der Waals surface area contributed by atoms with Gasteiger partial charge >= 0.3 is 0 Å². The lowest BCUT2D eigenvalue weighted by Crippen LogP contribution is -2.21. The molecule has 3 heteroatoms. The molecule has 0 aliphatic heterocycles. The Morgan fingerprint density at radius 1 is 1.20 bits per heavy atom. The van der Waals surface area contributed by atoms with Crippen LogP contribution in [0, 0.1) is 12.8 Å². The van der Waals surface area contributed by atoms with Crippen molar-refractivity contribution in [1.82, 2.24) is 9.78 Å². The molecule has 0 saturated heterocycles. The molecule has 0 unspecified atom stereocenters. The number of hydrogen-bond donors (Lipinski definition) is 1. The number of nitrogens with one attached hydrogen (secondary N) is 1. The van der Waals surface area contributed by atoms with E-state index >= 15 is 0 Å². The van der Waals surface area contributed by atoms with Gasteiger partial charge in [0.25, 0.3) is 5.56 Å². The zero-order valence-electron chi connectivity index (χ0n) is 12.9. The maximum Gasteiger partial charge on any atom is 0.270 e. The quantitative estimate of drug-likeness (QED) is 0.884. The van der Waals surface area contributed by atoms with Crippen LogP contribution in [0.5, 0.6) is 0 Å². The highest BCUT2D eigenvalue weighted by atomic mass is 16.1. The Balaban J connectivity index is 2.50. The lowest BCUT2D eigenvalue weighted by atomic mass is 10.0. The van der Waals surface area contributed by atoms with Crippen molar-refractivity contribution < 1.29 is 0 Å². The van der Waals surface area contributed by atoms with Crippen molar-refractivity contribution in [2.24, 2.45) is 5.92 Å². The van der Waals surface area contributed by atoms with Crippen LogP contribution in [0.4, 0.5) is 0 Å². The summed E-state index contributed by atoms with van der Waals surface area (Å²) < 4.78 is 1.75. The molecule has 1 heterocycles. The molecule has 2 aromatic rings. The summed E-state index contributed by atoms with van der Waals surface area (Å²) in [5.74, 6) is 0.451. The standard InChI is InChI=1S/C17H24N2O/c1-5-6-15-16(14-9-7-13(4)8-10-14)18-19(17(15)20)11-12(2)3/h7-10,12,18H,5-6,11H2,1-4H3. The van der Waals surface area contributed by atoms with Gasteiger partial charge in [-0.1, -0.05) is 57.0 Å². The molecule has 0 atom stereocenters. The molecule has 0 saturated carbocycles. The van der Waals surface area contributed by atoms with Crippen molar-refractivity contribution in [3.63, 3.8) is 0 Å². The van der Waals surface area contributed by atoms with E-state index in [-0.39, 0.29) is 5.56 Å². The smallest absolute Gasteiger partial charge is 0.270 e. The number of aromatic nitrogens is 2. The maximum atomic E-state index is 12.5. The second kappa shape index (κ2) is 6.12. The van der Waals surface area contributed by atoms with Crippen molar-refractivity contribution in [2.75, 3.05) is 0 Å². The fourth-order valence-corrected chi connectivity index (χ4v) is 2.46. The van der Waals surface area contributed by atoms with E-state index in [1.165, 1.54) is 5.56 Å². The molecule has 108 valence electrons. The first-order valence-corrected chi connectivity index (χ1v) is 7.41. The number of H-pyrrole nitrogens is 1. The molecule has 1 aromatic carbocycles. The SMILES string of the molecule is CCCc1c(-c2ccc(C)cc2)[nH]n(CC(C)C)c1=O. The summed E-state index contributed by atoms with van der Waals surface area (Å²) in [4.78, 5) is 12.5. The van der Waals surface area contributed by atoms with Gasteiger partial charge in [0.05, 0.1) is 5.69 Å². The summed E-state index contributed by atoms with van der Waals surface area (Å²) in [5.41, 5.74) is 4.36. The van der Waals surface area contributed by atoms with Crippen molar-refractivity contribution in [3.05, 3.63) is 45.7 Å². The minimum Gasteiger partial charge on any atom is -0.295 e. The van der Waals surface area contributed by atoms with E-state index in [0.717, 1.165) is 36.2 Å². The van der Waals surface area contributed by atoms with Crippen LogP contribution in [0.25, 0.3) is 11.3 Å². The van der Waals surface area contributed by atoms with Gasteiger partial charge < -0.3 is 0 Å². The van der Waals surface area contributed by atoms with Gasteiger partial charge in [-0.25, -0.2) is 0 Å². The Morgan fingerprint density at radius 2 is 1.85 bits per heavy atom. The Hall–Kier alpha value is -1.77. The average molecular weight is 272 g/mol. The molecular weight excluding hydrogens is 248 g/mol. The molecule has 0 amide bonds. The zero-order valence-corrected chi connectivity index (χ0v) is 12.9. The van der Waals surface area contributed by atoms with Crippen LogP contribution < -0.4 is 5.56 Å². The topological polar surface area (TPSA) is 37.8 Å². The lowest BCUT2D eigenvalue weighted by molar-refractivity contribution is 0.473. The van der Waals surface area contributed by atoms with Crippen molar-refractivity contribution >= 4 is 0 Å². The van der Waals surface area contributed by atoms with Crippen molar-refractivity contribution in [1.29, 1.82) is 0 Å². The molecule has 0 fully saturated rings. The lowest BCUT2D eigenvalue weighted by Gasteiger charge is -2.05. The second-order valence-corrected chi connectivity index (χ2v) is 5.89.